The van der Waals surface area contributed by atoms with E-state index in [0.717, 1.165) is 35.1 Å². The zero-order valence-electron chi connectivity index (χ0n) is 8.65. The highest BCUT2D eigenvalue weighted by Gasteiger charge is 2.84. The SMILES string of the molecule is CN1O[C@@H]2[C@@H]3[C@H]4C[C@H]2[C@]2(CCC[C@H]12)[C@H]43. The molecule has 76 valence electrons. The highest BCUT2D eigenvalue weighted by atomic mass is 16.7. The smallest absolute Gasteiger partial charge is 0.0861 e. The van der Waals surface area contributed by atoms with E-state index in [9.17, 15) is 0 Å². The molecular formula is C12H17NO. The second kappa shape index (κ2) is 1.80. The van der Waals surface area contributed by atoms with Crippen LogP contribution < -0.4 is 0 Å². The molecule has 0 aromatic carbocycles. The van der Waals surface area contributed by atoms with Crippen molar-refractivity contribution >= 4 is 0 Å². The minimum Gasteiger partial charge on any atom is -0.295 e. The van der Waals surface area contributed by atoms with Crippen LogP contribution in [0.25, 0.3) is 0 Å². The Morgan fingerprint density at radius 2 is 2.36 bits per heavy atom. The van der Waals surface area contributed by atoms with E-state index in [1.807, 2.05) is 0 Å². The molecule has 2 heteroatoms. The Balaban J connectivity index is 1.75. The Morgan fingerprint density at radius 3 is 3.21 bits per heavy atom. The van der Waals surface area contributed by atoms with Crippen LogP contribution in [0.15, 0.2) is 0 Å². The molecule has 1 spiro atoms. The third-order valence-corrected chi connectivity index (χ3v) is 6.28. The fraction of sp³-hybridized carbons (Fsp3) is 1.00. The largest absolute Gasteiger partial charge is 0.295 e. The van der Waals surface area contributed by atoms with Gasteiger partial charge in [-0.2, -0.15) is 5.06 Å². The van der Waals surface area contributed by atoms with Crippen molar-refractivity contribution in [3.05, 3.63) is 0 Å². The van der Waals surface area contributed by atoms with Gasteiger partial charge in [-0.25, -0.2) is 0 Å². The molecule has 0 aromatic rings. The van der Waals surface area contributed by atoms with E-state index < -0.39 is 0 Å². The summed E-state index contributed by atoms with van der Waals surface area (Å²) in [4.78, 5) is 6.13. The molecule has 0 amide bonds. The molecule has 0 N–H and O–H groups in total. The molecule has 0 unspecified atom stereocenters. The van der Waals surface area contributed by atoms with E-state index in [1.165, 1.54) is 25.7 Å². The van der Waals surface area contributed by atoms with Crippen molar-refractivity contribution in [3.8, 4) is 0 Å². The second-order valence-electron chi connectivity index (χ2n) is 6.25. The van der Waals surface area contributed by atoms with Gasteiger partial charge in [0.1, 0.15) is 0 Å². The van der Waals surface area contributed by atoms with Crippen LogP contribution >= 0.6 is 0 Å². The van der Waals surface area contributed by atoms with Crippen LogP contribution in [0, 0.1) is 29.1 Å². The van der Waals surface area contributed by atoms with Crippen molar-refractivity contribution < 1.29 is 4.84 Å². The molecule has 6 aliphatic rings. The van der Waals surface area contributed by atoms with Crippen molar-refractivity contribution in [2.75, 3.05) is 7.05 Å². The van der Waals surface area contributed by atoms with Gasteiger partial charge in [0.15, 0.2) is 0 Å². The molecule has 6 rings (SSSR count). The molecule has 6 bridgehead atoms. The van der Waals surface area contributed by atoms with Crippen molar-refractivity contribution in [3.63, 3.8) is 0 Å². The van der Waals surface area contributed by atoms with Crippen LogP contribution in [-0.2, 0) is 4.84 Å². The van der Waals surface area contributed by atoms with Crippen LogP contribution in [0.1, 0.15) is 25.7 Å². The fourth-order valence-corrected chi connectivity index (χ4v) is 6.16. The van der Waals surface area contributed by atoms with E-state index in [2.05, 4.69) is 12.1 Å². The van der Waals surface area contributed by atoms with Crippen LogP contribution in [0.4, 0.5) is 0 Å². The third-order valence-electron chi connectivity index (χ3n) is 6.28. The van der Waals surface area contributed by atoms with Crippen molar-refractivity contribution in [1.82, 2.24) is 5.06 Å². The van der Waals surface area contributed by atoms with E-state index in [1.54, 1.807) is 0 Å². The van der Waals surface area contributed by atoms with Gasteiger partial charge in [-0.1, -0.05) is 6.42 Å². The molecule has 0 aromatic heterocycles. The first kappa shape index (κ1) is 7.24. The van der Waals surface area contributed by atoms with Crippen molar-refractivity contribution in [2.24, 2.45) is 29.1 Å². The Bertz CT molecular complexity index is 330. The van der Waals surface area contributed by atoms with Crippen molar-refractivity contribution in [2.45, 2.75) is 37.8 Å². The Hall–Kier alpha value is -0.0800. The van der Waals surface area contributed by atoms with E-state index >= 15 is 0 Å². The zero-order chi connectivity index (χ0) is 9.08. The first-order chi connectivity index (χ1) is 6.84. The highest BCUT2D eigenvalue weighted by molar-refractivity contribution is 5.31. The Kier molecular flexibility index (Phi) is 0.931. The molecule has 6 fully saturated rings. The maximum atomic E-state index is 6.13. The van der Waals surface area contributed by atoms with Crippen LogP contribution in [0.2, 0.25) is 0 Å². The van der Waals surface area contributed by atoms with Gasteiger partial charge in [-0.05, 0) is 48.3 Å². The number of hydroxylamine groups is 2. The second-order valence-corrected chi connectivity index (χ2v) is 6.25. The lowest BCUT2D eigenvalue weighted by molar-refractivity contribution is -0.266. The quantitative estimate of drug-likeness (QED) is 0.577. The molecule has 1 heterocycles. The number of hydrogen-bond donors (Lipinski definition) is 0. The number of hydrogen-bond acceptors (Lipinski definition) is 2. The van der Waals surface area contributed by atoms with Crippen LogP contribution in [0.3, 0.4) is 0 Å². The summed E-state index contributed by atoms with van der Waals surface area (Å²) in [5.41, 5.74) is 0.743. The van der Waals surface area contributed by atoms with Gasteiger partial charge in [0.2, 0.25) is 0 Å². The summed E-state index contributed by atoms with van der Waals surface area (Å²) in [6, 6.07) is 0.784. The number of nitrogens with zero attached hydrogens (tertiary/aromatic N) is 1. The van der Waals surface area contributed by atoms with E-state index in [-0.39, 0.29) is 0 Å². The summed E-state index contributed by atoms with van der Waals surface area (Å²) < 4.78 is 0. The average Bonchev–Trinajstić information content (AvgIpc) is 2.57. The summed E-state index contributed by atoms with van der Waals surface area (Å²) in [5.74, 6) is 4.14. The van der Waals surface area contributed by atoms with Crippen LogP contribution in [-0.4, -0.2) is 24.3 Å². The fourth-order valence-electron chi connectivity index (χ4n) is 6.16. The predicted octanol–water partition coefficient (Wildman–Crippen LogP) is 1.67. The van der Waals surface area contributed by atoms with Gasteiger partial charge in [0, 0.05) is 13.1 Å². The maximum Gasteiger partial charge on any atom is 0.0861 e. The summed E-state index contributed by atoms with van der Waals surface area (Å²) in [7, 11) is 2.18. The molecule has 5 aliphatic carbocycles. The standard InChI is InChI=1S/C12H17NO/c1-13-8-3-2-4-12(8)7-5-6-9(10(6)12)11(7)14-13/h6-11H,2-5H2,1H3/t6-,7-,8+,9-,10-,11+,12+/m1/s1. The summed E-state index contributed by atoms with van der Waals surface area (Å²) >= 11 is 0. The zero-order valence-corrected chi connectivity index (χ0v) is 8.65. The molecule has 14 heavy (non-hydrogen) atoms. The molecular weight excluding hydrogens is 174 g/mol. The van der Waals surface area contributed by atoms with Gasteiger partial charge in [-0.3, -0.25) is 4.84 Å². The van der Waals surface area contributed by atoms with Gasteiger partial charge in [0.25, 0.3) is 0 Å². The summed E-state index contributed by atoms with van der Waals surface area (Å²) in [6.45, 7) is 0. The minimum absolute atomic E-state index is 0.643. The molecule has 7 atom stereocenters. The monoisotopic (exact) mass is 191 g/mol. The van der Waals surface area contributed by atoms with E-state index in [4.69, 9.17) is 4.84 Å². The average molecular weight is 191 g/mol. The van der Waals surface area contributed by atoms with Crippen molar-refractivity contribution in [1.29, 1.82) is 0 Å². The Morgan fingerprint density at radius 1 is 1.43 bits per heavy atom. The molecule has 1 aliphatic heterocycles. The van der Waals surface area contributed by atoms with Gasteiger partial charge >= 0.3 is 0 Å². The number of rotatable bonds is 0. The minimum atomic E-state index is 0.643. The maximum absolute atomic E-state index is 6.13. The topological polar surface area (TPSA) is 12.5 Å². The lowest BCUT2D eigenvalue weighted by Crippen LogP contribution is -2.52. The molecule has 2 nitrogen and oxygen atoms in total. The highest BCUT2D eigenvalue weighted by Crippen LogP contribution is 2.84. The lowest BCUT2D eigenvalue weighted by Gasteiger charge is -2.46. The third kappa shape index (κ3) is 0.471. The Labute approximate surface area is 84.6 Å². The summed E-state index contributed by atoms with van der Waals surface area (Å²) in [6.07, 6.45) is 6.53. The van der Waals surface area contributed by atoms with Gasteiger partial charge in [-0.15, -0.1) is 0 Å². The lowest BCUT2D eigenvalue weighted by atomic mass is 9.73. The van der Waals surface area contributed by atoms with Gasteiger partial charge in [0.05, 0.1) is 6.10 Å². The predicted molar refractivity (Wildman–Crippen MR) is 51.3 cm³/mol. The summed E-state index contributed by atoms with van der Waals surface area (Å²) in [5, 5.41) is 2.24. The van der Waals surface area contributed by atoms with E-state index in [0.29, 0.717) is 6.10 Å². The van der Waals surface area contributed by atoms with Gasteiger partial charge < -0.3 is 0 Å². The normalized spacial score (nSPS) is 72.6. The van der Waals surface area contributed by atoms with Crippen LogP contribution in [0.5, 0.6) is 0 Å². The first-order valence-electron chi connectivity index (χ1n) is 6.23. The molecule has 5 saturated carbocycles. The molecule has 0 radical (unpaired) electrons. The molecule has 1 saturated heterocycles. The first-order valence-corrected chi connectivity index (χ1v) is 6.23.